The largest absolute Gasteiger partial charge is 0.478 e. The normalized spacial score (nSPS) is 10.9. The van der Waals surface area contributed by atoms with Crippen LogP contribution in [-0.2, 0) is 0 Å². The average molecular weight is 365 g/mol. The van der Waals surface area contributed by atoms with E-state index in [1.54, 1.807) is 36.4 Å². The Morgan fingerprint density at radius 3 is 2.56 bits per heavy atom. The smallest absolute Gasteiger partial charge is 0.335 e. The lowest BCUT2D eigenvalue weighted by Gasteiger charge is -2.03. The molecule has 2 N–H and O–H groups in total. The van der Waals surface area contributed by atoms with Gasteiger partial charge in [0, 0.05) is 17.7 Å². The molecule has 136 valence electrons. The van der Waals surface area contributed by atoms with Crippen molar-refractivity contribution in [3.05, 3.63) is 81.6 Å². The third-order valence-electron chi connectivity index (χ3n) is 3.83. The number of nitro groups is 1. The molecular formula is C19H15N3O5. The summed E-state index contributed by atoms with van der Waals surface area (Å²) < 4.78 is 5.71. The van der Waals surface area contributed by atoms with Crippen LogP contribution >= 0.6 is 0 Å². The lowest BCUT2D eigenvalue weighted by atomic mass is 10.0. The third kappa shape index (κ3) is 4.18. The van der Waals surface area contributed by atoms with Gasteiger partial charge in [0.25, 0.3) is 5.69 Å². The first-order chi connectivity index (χ1) is 12.9. The molecule has 8 nitrogen and oxygen atoms in total. The highest BCUT2D eigenvalue weighted by molar-refractivity contribution is 5.89. The Balaban J connectivity index is 1.69. The summed E-state index contributed by atoms with van der Waals surface area (Å²) in [7, 11) is 0. The van der Waals surface area contributed by atoms with Crippen molar-refractivity contribution in [2.24, 2.45) is 5.10 Å². The second-order valence-electron chi connectivity index (χ2n) is 5.71. The maximum Gasteiger partial charge on any atom is 0.335 e. The number of nitrogens with zero attached hydrogens (tertiary/aromatic N) is 2. The van der Waals surface area contributed by atoms with E-state index in [0.717, 1.165) is 11.1 Å². The molecule has 1 aromatic heterocycles. The number of rotatable bonds is 6. The number of carbonyl (C=O) groups is 1. The van der Waals surface area contributed by atoms with E-state index in [0.29, 0.717) is 17.2 Å². The molecule has 0 aliphatic rings. The minimum absolute atomic E-state index is 0.00416. The number of benzene rings is 2. The topological polar surface area (TPSA) is 118 Å². The predicted molar refractivity (Wildman–Crippen MR) is 100 cm³/mol. The first-order valence-corrected chi connectivity index (χ1v) is 7.92. The number of aromatic carboxylic acids is 1. The van der Waals surface area contributed by atoms with Crippen LogP contribution in [0.4, 0.5) is 11.4 Å². The summed E-state index contributed by atoms with van der Waals surface area (Å²) >= 11 is 0. The van der Waals surface area contributed by atoms with Crippen LogP contribution in [0.25, 0.3) is 11.3 Å². The average Bonchev–Trinajstić information content (AvgIpc) is 3.10. The van der Waals surface area contributed by atoms with Crippen molar-refractivity contribution >= 4 is 23.6 Å². The van der Waals surface area contributed by atoms with Gasteiger partial charge in [0.05, 0.1) is 22.4 Å². The summed E-state index contributed by atoms with van der Waals surface area (Å²) in [5, 5.41) is 23.7. The monoisotopic (exact) mass is 365 g/mol. The quantitative estimate of drug-likeness (QED) is 0.382. The van der Waals surface area contributed by atoms with Crippen molar-refractivity contribution in [3.63, 3.8) is 0 Å². The molecule has 0 saturated carbocycles. The summed E-state index contributed by atoms with van der Waals surface area (Å²) in [5.74, 6) is 0.122. The van der Waals surface area contributed by atoms with E-state index >= 15 is 0 Å². The van der Waals surface area contributed by atoms with Gasteiger partial charge in [-0.25, -0.2) is 4.79 Å². The van der Waals surface area contributed by atoms with Crippen LogP contribution in [-0.4, -0.2) is 22.2 Å². The summed E-state index contributed by atoms with van der Waals surface area (Å²) in [4.78, 5) is 21.2. The van der Waals surface area contributed by atoms with E-state index < -0.39 is 10.9 Å². The second kappa shape index (κ2) is 7.52. The summed E-state index contributed by atoms with van der Waals surface area (Å²) in [5.41, 5.74) is 5.17. The number of hydrazone groups is 1. The van der Waals surface area contributed by atoms with Gasteiger partial charge in [-0.1, -0.05) is 6.07 Å². The van der Waals surface area contributed by atoms with Crippen LogP contribution in [0, 0.1) is 17.0 Å². The standard InChI is InChI=1S/C19H15N3O5/c1-12-10-13(19(23)24)2-8-17(12)18-9-7-16(27-18)11-20-21-14-3-5-15(6-4-14)22(25)26/h2-11,21H,1H3,(H,23,24)/b20-11-. The van der Waals surface area contributed by atoms with Crippen LogP contribution in [0.15, 0.2) is 64.1 Å². The molecule has 0 bridgehead atoms. The Hall–Kier alpha value is -3.94. The number of furan rings is 1. The maximum absolute atomic E-state index is 11.0. The van der Waals surface area contributed by atoms with Crippen LogP contribution in [0.3, 0.4) is 0 Å². The molecule has 0 unspecified atom stereocenters. The highest BCUT2D eigenvalue weighted by Crippen LogP contribution is 2.26. The van der Waals surface area contributed by atoms with Crippen molar-refractivity contribution in [2.75, 3.05) is 5.43 Å². The number of non-ortho nitro benzene ring substituents is 1. The van der Waals surface area contributed by atoms with E-state index in [4.69, 9.17) is 9.52 Å². The van der Waals surface area contributed by atoms with Crippen molar-refractivity contribution in [3.8, 4) is 11.3 Å². The van der Waals surface area contributed by atoms with Gasteiger partial charge in [0.1, 0.15) is 11.5 Å². The van der Waals surface area contributed by atoms with Gasteiger partial charge >= 0.3 is 5.97 Å². The molecule has 0 aliphatic heterocycles. The number of anilines is 1. The van der Waals surface area contributed by atoms with Gasteiger partial charge in [0.2, 0.25) is 0 Å². The zero-order chi connectivity index (χ0) is 19.4. The summed E-state index contributed by atoms with van der Waals surface area (Å²) in [6, 6.07) is 14.2. The van der Waals surface area contributed by atoms with Crippen LogP contribution in [0.2, 0.25) is 0 Å². The molecule has 0 fully saturated rings. The minimum atomic E-state index is -0.978. The molecule has 0 spiro atoms. The second-order valence-corrected chi connectivity index (χ2v) is 5.71. The number of carboxylic acid groups (broad SMARTS) is 1. The molecule has 2 aromatic carbocycles. The number of nitrogens with one attached hydrogen (secondary N) is 1. The van der Waals surface area contributed by atoms with Gasteiger partial charge in [-0.3, -0.25) is 15.5 Å². The zero-order valence-corrected chi connectivity index (χ0v) is 14.2. The summed E-state index contributed by atoms with van der Waals surface area (Å²) in [6.45, 7) is 1.81. The van der Waals surface area contributed by atoms with Crippen molar-refractivity contribution in [1.82, 2.24) is 0 Å². The van der Waals surface area contributed by atoms with Gasteiger partial charge < -0.3 is 9.52 Å². The Bertz CT molecular complexity index is 1020. The molecule has 1 heterocycles. The third-order valence-corrected chi connectivity index (χ3v) is 3.83. The van der Waals surface area contributed by atoms with Crippen molar-refractivity contribution in [1.29, 1.82) is 0 Å². The van der Waals surface area contributed by atoms with Gasteiger partial charge in [-0.05, 0) is 48.9 Å². The summed E-state index contributed by atoms with van der Waals surface area (Å²) in [6.07, 6.45) is 1.48. The molecule has 3 rings (SSSR count). The van der Waals surface area contributed by atoms with Gasteiger partial charge in [-0.15, -0.1) is 0 Å². The Morgan fingerprint density at radius 1 is 1.19 bits per heavy atom. The first-order valence-electron chi connectivity index (χ1n) is 7.92. The molecule has 8 heteroatoms. The Morgan fingerprint density at radius 2 is 1.93 bits per heavy atom. The molecule has 27 heavy (non-hydrogen) atoms. The molecule has 0 aliphatic carbocycles. The maximum atomic E-state index is 11.0. The highest BCUT2D eigenvalue weighted by Gasteiger charge is 2.10. The minimum Gasteiger partial charge on any atom is -0.478 e. The van der Waals surface area contributed by atoms with Crippen molar-refractivity contribution < 1.29 is 19.2 Å². The van der Waals surface area contributed by atoms with E-state index in [1.165, 1.54) is 24.4 Å². The van der Waals surface area contributed by atoms with E-state index in [9.17, 15) is 14.9 Å². The van der Waals surface area contributed by atoms with Crippen LogP contribution in [0.1, 0.15) is 21.7 Å². The molecule has 0 radical (unpaired) electrons. The van der Waals surface area contributed by atoms with Crippen LogP contribution < -0.4 is 5.43 Å². The van der Waals surface area contributed by atoms with Crippen LogP contribution in [0.5, 0.6) is 0 Å². The van der Waals surface area contributed by atoms with E-state index in [2.05, 4.69) is 10.5 Å². The number of carboxylic acids is 1. The first kappa shape index (κ1) is 17.9. The Kier molecular flexibility index (Phi) is 4.98. The lowest BCUT2D eigenvalue weighted by Crippen LogP contribution is -1.96. The van der Waals surface area contributed by atoms with Gasteiger partial charge in [-0.2, -0.15) is 5.10 Å². The van der Waals surface area contributed by atoms with E-state index in [1.807, 2.05) is 6.92 Å². The SMILES string of the molecule is Cc1cc(C(=O)O)ccc1-c1ccc(/C=N\Nc2ccc([N+](=O)[O-])cc2)o1. The number of hydrogen-bond donors (Lipinski definition) is 2. The predicted octanol–water partition coefficient (Wildman–Crippen LogP) is 4.31. The fraction of sp³-hybridized carbons (Fsp3) is 0.0526. The number of hydrogen-bond acceptors (Lipinski definition) is 6. The van der Waals surface area contributed by atoms with Crippen molar-refractivity contribution in [2.45, 2.75) is 6.92 Å². The highest BCUT2D eigenvalue weighted by atomic mass is 16.6. The fourth-order valence-corrected chi connectivity index (χ4v) is 2.47. The Labute approximate surface area is 153 Å². The molecule has 0 saturated heterocycles. The van der Waals surface area contributed by atoms with Gasteiger partial charge in [0.15, 0.2) is 0 Å². The van der Waals surface area contributed by atoms with E-state index in [-0.39, 0.29) is 11.3 Å². The lowest BCUT2D eigenvalue weighted by molar-refractivity contribution is -0.384. The molecule has 3 aromatic rings. The molecule has 0 amide bonds. The molecule has 0 atom stereocenters. The number of aryl methyl sites for hydroxylation is 1. The molecular weight excluding hydrogens is 350 g/mol. The number of nitro benzene ring substituents is 1. The zero-order valence-electron chi connectivity index (χ0n) is 14.2. The fourth-order valence-electron chi connectivity index (χ4n) is 2.47.